The normalized spacial score (nSPS) is 11.0. The summed E-state index contributed by atoms with van der Waals surface area (Å²) in [6.07, 6.45) is 0. The van der Waals surface area contributed by atoms with Crippen molar-refractivity contribution in [3.05, 3.63) is 45.6 Å². The van der Waals surface area contributed by atoms with Crippen LogP contribution in [-0.4, -0.2) is 29.0 Å². The van der Waals surface area contributed by atoms with Crippen molar-refractivity contribution in [2.45, 2.75) is 27.7 Å². The summed E-state index contributed by atoms with van der Waals surface area (Å²) in [5.41, 5.74) is 1.58. The molecule has 0 spiro atoms. The number of hydrogen-bond acceptors (Lipinski definition) is 5. The number of carbonyl (C=O) groups excluding carboxylic acids is 1. The second-order valence-corrected chi connectivity index (χ2v) is 7.40. The van der Waals surface area contributed by atoms with Gasteiger partial charge in [-0.05, 0) is 51.5 Å². The average Bonchev–Trinajstić information content (AvgIpc) is 2.92. The van der Waals surface area contributed by atoms with Crippen LogP contribution in [-0.2, 0) is 0 Å². The molecule has 0 fully saturated rings. The number of nitrogens with zero attached hydrogens (tertiary/aromatic N) is 3. The Labute approximate surface area is 162 Å². The van der Waals surface area contributed by atoms with Crippen LogP contribution in [0.1, 0.15) is 34.9 Å². The Morgan fingerprint density at radius 3 is 2.62 bits per heavy atom. The van der Waals surface area contributed by atoms with Gasteiger partial charge >= 0.3 is 0 Å². The Bertz CT molecular complexity index is 966. The maximum absolute atomic E-state index is 12.8. The molecule has 26 heavy (non-hydrogen) atoms. The maximum atomic E-state index is 12.8. The highest BCUT2D eigenvalue weighted by atomic mass is 35.5. The van der Waals surface area contributed by atoms with Crippen molar-refractivity contribution >= 4 is 50.6 Å². The fourth-order valence-electron chi connectivity index (χ4n) is 2.94. The zero-order valence-corrected chi connectivity index (χ0v) is 16.8. The van der Waals surface area contributed by atoms with Crippen molar-refractivity contribution in [3.8, 4) is 0 Å². The first kappa shape index (κ1) is 18.6. The second-order valence-electron chi connectivity index (χ2n) is 5.97. The highest BCUT2D eigenvalue weighted by Crippen LogP contribution is 2.35. The summed E-state index contributed by atoms with van der Waals surface area (Å²) < 4.78 is 0. The van der Waals surface area contributed by atoms with Crippen LogP contribution in [0.15, 0.2) is 24.3 Å². The fourth-order valence-corrected chi connectivity index (χ4v) is 4.25. The third kappa shape index (κ3) is 3.52. The molecular weight excluding hydrogens is 368 g/mol. The SMILES string of the molecule is CCN(CC)c1nc(C)nc2sc(C(=O)Nc3cccc(Cl)c3)c(C)c12. The van der Waals surface area contributed by atoms with Crippen LogP contribution in [0.25, 0.3) is 10.2 Å². The number of benzene rings is 1. The van der Waals surface area contributed by atoms with Gasteiger partial charge in [-0.25, -0.2) is 9.97 Å². The molecule has 0 bridgehead atoms. The molecule has 0 aliphatic heterocycles. The molecule has 0 aliphatic carbocycles. The van der Waals surface area contributed by atoms with Gasteiger partial charge in [-0.2, -0.15) is 0 Å². The minimum Gasteiger partial charge on any atom is -0.357 e. The van der Waals surface area contributed by atoms with E-state index >= 15 is 0 Å². The predicted octanol–water partition coefficient (Wildman–Crippen LogP) is 5.06. The highest BCUT2D eigenvalue weighted by molar-refractivity contribution is 7.20. The van der Waals surface area contributed by atoms with Crippen molar-refractivity contribution in [1.29, 1.82) is 0 Å². The van der Waals surface area contributed by atoms with Crippen molar-refractivity contribution in [2.75, 3.05) is 23.3 Å². The van der Waals surface area contributed by atoms with E-state index in [2.05, 4.69) is 34.0 Å². The summed E-state index contributed by atoms with van der Waals surface area (Å²) in [6, 6.07) is 7.13. The number of anilines is 2. The Balaban J connectivity index is 2.06. The van der Waals surface area contributed by atoms with E-state index in [-0.39, 0.29) is 5.91 Å². The summed E-state index contributed by atoms with van der Waals surface area (Å²) in [5.74, 6) is 1.45. The standard InChI is InChI=1S/C19H21ClN4OS/c1-5-24(6-2)17-15-11(3)16(26-19(15)22-12(4)21-17)18(25)23-14-9-7-8-13(20)10-14/h7-10H,5-6H2,1-4H3,(H,23,25). The van der Waals surface area contributed by atoms with Gasteiger partial charge in [-0.15, -0.1) is 11.3 Å². The van der Waals surface area contributed by atoms with Crippen LogP contribution in [0.4, 0.5) is 11.5 Å². The van der Waals surface area contributed by atoms with Gasteiger partial charge in [0.2, 0.25) is 0 Å². The van der Waals surface area contributed by atoms with Crippen LogP contribution in [0.3, 0.4) is 0 Å². The molecule has 0 atom stereocenters. The van der Waals surface area contributed by atoms with Crippen molar-refractivity contribution in [2.24, 2.45) is 0 Å². The molecule has 1 N–H and O–H groups in total. The van der Waals surface area contributed by atoms with E-state index in [4.69, 9.17) is 11.6 Å². The second kappa shape index (κ2) is 7.60. The van der Waals surface area contributed by atoms with Crippen LogP contribution < -0.4 is 10.2 Å². The fraction of sp³-hybridized carbons (Fsp3) is 0.316. The third-order valence-corrected chi connectivity index (χ3v) is 5.65. The van der Waals surface area contributed by atoms with Gasteiger partial charge in [0, 0.05) is 23.8 Å². The topological polar surface area (TPSA) is 58.1 Å². The largest absolute Gasteiger partial charge is 0.357 e. The molecule has 0 saturated heterocycles. The summed E-state index contributed by atoms with van der Waals surface area (Å²) in [4.78, 5) is 25.7. The Morgan fingerprint density at radius 1 is 1.23 bits per heavy atom. The average molecular weight is 389 g/mol. The lowest BCUT2D eigenvalue weighted by Crippen LogP contribution is -2.23. The first-order valence-corrected chi connectivity index (χ1v) is 9.73. The number of nitrogens with one attached hydrogen (secondary N) is 1. The molecule has 2 heterocycles. The van der Waals surface area contributed by atoms with Gasteiger partial charge in [0.25, 0.3) is 5.91 Å². The predicted molar refractivity (Wildman–Crippen MR) is 110 cm³/mol. The molecule has 0 saturated carbocycles. The van der Waals surface area contributed by atoms with E-state index in [0.29, 0.717) is 21.4 Å². The molecule has 1 amide bonds. The van der Waals surface area contributed by atoms with Gasteiger partial charge in [-0.3, -0.25) is 4.79 Å². The summed E-state index contributed by atoms with van der Waals surface area (Å²) >= 11 is 7.40. The molecule has 0 radical (unpaired) electrons. The van der Waals surface area contributed by atoms with Crippen LogP contribution in [0, 0.1) is 13.8 Å². The Hall–Kier alpha value is -2.18. The number of halogens is 1. The van der Waals surface area contributed by atoms with Crippen LogP contribution >= 0.6 is 22.9 Å². The van der Waals surface area contributed by atoms with E-state index < -0.39 is 0 Å². The Morgan fingerprint density at radius 2 is 1.96 bits per heavy atom. The number of rotatable bonds is 5. The van der Waals surface area contributed by atoms with E-state index in [1.54, 1.807) is 12.1 Å². The van der Waals surface area contributed by atoms with E-state index in [0.717, 1.165) is 34.7 Å². The number of hydrogen-bond donors (Lipinski definition) is 1. The third-order valence-electron chi connectivity index (χ3n) is 4.23. The highest BCUT2D eigenvalue weighted by Gasteiger charge is 2.22. The first-order chi connectivity index (χ1) is 12.4. The molecule has 1 aromatic carbocycles. The molecule has 3 aromatic rings. The molecule has 0 aliphatic rings. The number of fused-ring (bicyclic) bond motifs is 1. The number of amides is 1. The summed E-state index contributed by atoms with van der Waals surface area (Å²) in [5, 5.41) is 4.46. The van der Waals surface area contributed by atoms with Gasteiger partial charge in [-0.1, -0.05) is 17.7 Å². The summed E-state index contributed by atoms with van der Waals surface area (Å²) in [6.45, 7) is 9.73. The monoisotopic (exact) mass is 388 g/mol. The molecule has 5 nitrogen and oxygen atoms in total. The van der Waals surface area contributed by atoms with Gasteiger partial charge < -0.3 is 10.2 Å². The molecule has 0 unspecified atom stereocenters. The Kier molecular flexibility index (Phi) is 5.44. The lowest BCUT2D eigenvalue weighted by molar-refractivity contribution is 0.103. The zero-order valence-electron chi connectivity index (χ0n) is 15.3. The van der Waals surface area contributed by atoms with E-state index in [9.17, 15) is 4.79 Å². The van der Waals surface area contributed by atoms with Crippen LogP contribution in [0.2, 0.25) is 5.02 Å². The van der Waals surface area contributed by atoms with E-state index in [1.807, 2.05) is 26.0 Å². The van der Waals surface area contributed by atoms with Crippen molar-refractivity contribution in [1.82, 2.24) is 9.97 Å². The number of carbonyl (C=O) groups is 1. The zero-order chi connectivity index (χ0) is 18.8. The van der Waals surface area contributed by atoms with Crippen molar-refractivity contribution < 1.29 is 4.79 Å². The number of aryl methyl sites for hydroxylation is 2. The van der Waals surface area contributed by atoms with Gasteiger partial charge in [0.15, 0.2) is 0 Å². The lowest BCUT2D eigenvalue weighted by Gasteiger charge is -2.21. The van der Waals surface area contributed by atoms with E-state index in [1.165, 1.54) is 11.3 Å². The summed E-state index contributed by atoms with van der Waals surface area (Å²) in [7, 11) is 0. The first-order valence-electron chi connectivity index (χ1n) is 8.54. The molecule has 7 heteroatoms. The smallest absolute Gasteiger partial charge is 0.266 e. The minimum absolute atomic E-state index is 0.157. The van der Waals surface area contributed by atoms with Crippen LogP contribution in [0.5, 0.6) is 0 Å². The quantitative estimate of drug-likeness (QED) is 0.663. The minimum atomic E-state index is -0.157. The molecule has 3 rings (SSSR count). The lowest BCUT2D eigenvalue weighted by atomic mass is 10.2. The molecular formula is C19H21ClN4OS. The molecule has 136 valence electrons. The number of thiophene rings is 1. The maximum Gasteiger partial charge on any atom is 0.266 e. The number of aromatic nitrogens is 2. The van der Waals surface area contributed by atoms with Crippen molar-refractivity contribution in [3.63, 3.8) is 0 Å². The van der Waals surface area contributed by atoms with Gasteiger partial charge in [0.1, 0.15) is 16.5 Å². The molecule has 2 aromatic heterocycles. The van der Waals surface area contributed by atoms with Gasteiger partial charge in [0.05, 0.1) is 10.3 Å².